The molecule has 1 fully saturated rings. The molecule has 0 aliphatic carbocycles. The lowest BCUT2D eigenvalue weighted by Crippen LogP contribution is -2.43. The number of rotatable bonds is 3. The summed E-state index contributed by atoms with van der Waals surface area (Å²) in [6.45, 7) is 4.33. The topological polar surface area (TPSA) is 29.5 Å². The number of carbonyl (C=O) groups is 1. The second-order valence-electron chi connectivity index (χ2n) is 3.95. The van der Waals surface area contributed by atoms with E-state index in [0.29, 0.717) is 0 Å². The first kappa shape index (κ1) is 11.6. The van der Waals surface area contributed by atoms with Crippen molar-refractivity contribution in [1.29, 1.82) is 0 Å². The van der Waals surface area contributed by atoms with Crippen LogP contribution in [0.5, 0.6) is 0 Å². The third kappa shape index (κ3) is 2.62. The average molecular weight is 239 g/mol. The highest BCUT2D eigenvalue weighted by molar-refractivity contribution is 7.12. The monoisotopic (exact) mass is 239 g/mol. The molecule has 1 aromatic heterocycles. The van der Waals surface area contributed by atoms with Gasteiger partial charge in [-0.1, -0.05) is 6.07 Å². The molecule has 2 rings (SSSR count). The molecule has 1 aliphatic rings. The Hall–Kier alpha value is -0.870. The van der Waals surface area contributed by atoms with Gasteiger partial charge in [0.15, 0.2) is 0 Å². The number of amides is 1. The molecule has 0 bridgehead atoms. The van der Waals surface area contributed by atoms with E-state index < -0.39 is 0 Å². The van der Waals surface area contributed by atoms with Gasteiger partial charge in [0.05, 0.1) is 11.0 Å². The van der Waals surface area contributed by atoms with Crippen LogP contribution in [0.2, 0.25) is 0 Å². The maximum Gasteiger partial charge on any atom is 0.264 e. The highest BCUT2D eigenvalue weighted by atomic mass is 32.1. The van der Waals surface area contributed by atoms with Crippen molar-refractivity contribution in [2.45, 2.75) is 25.9 Å². The zero-order valence-corrected chi connectivity index (χ0v) is 10.3. The molecule has 3 nitrogen and oxygen atoms in total. The van der Waals surface area contributed by atoms with E-state index >= 15 is 0 Å². The van der Waals surface area contributed by atoms with Crippen LogP contribution in [0.25, 0.3) is 0 Å². The van der Waals surface area contributed by atoms with E-state index in [2.05, 4.69) is 0 Å². The van der Waals surface area contributed by atoms with Gasteiger partial charge in [-0.25, -0.2) is 0 Å². The predicted molar refractivity (Wildman–Crippen MR) is 64.9 cm³/mol. The highest BCUT2D eigenvalue weighted by Gasteiger charge is 2.24. The highest BCUT2D eigenvalue weighted by Crippen LogP contribution is 2.18. The van der Waals surface area contributed by atoms with Crippen molar-refractivity contribution < 1.29 is 9.53 Å². The molecule has 0 N–H and O–H groups in total. The van der Waals surface area contributed by atoms with Gasteiger partial charge in [-0.15, -0.1) is 11.3 Å². The molecule has 2 heterocycles. The fraction of sp³-hybridized carbons (Fsp3) is 0.583. The van der Waals surface area contributed by atoms with Crippen LogP contribution in [0.4, 0.5) is 0 Å². The number of thiophene rings is 1. The van der Waals surface area contributed by atoms with Gasteiger partial charge in [0.1, 0.15) is 0 Å². The summed E-state index contributed by atoms with van der Waals surface area (Å²) in [6.07, 6.45) is 2.34. The molecule has 0 radical (unpaired) electrons. The van der Waals surface area contributed by atoms with Gasteiger partial charge in [0.2, 0.25) is 0 Å². The molecule has 1 atom stereocenters. The van der Waals surface area contributed by atoms with E-state index in [-0.39, 0.29) is 12.0 Å². The number of piperidine rings is 1. The van der Waals surface area contributed by atoms with E-state index in [1.807, 2.05) is 29.3 Å². The number of ether oxygens (including phenoxy) is 1. The van der Waals surface area contributed by atoms with Crippen LogP contribution >= 0.6 is 11.3 Å². The number of hydrogen-bond acceptors (Lipinski definition) is 3. The summed E-state index contributed by atoms with van der Waals surface area (Å²) in [7, 11) is 0. The fourth-order valence-corrected chi connectivity index (χ4v) is 2.74. The van der Waals surface area contributed by atoms with Gasteiger partial charge in [0.25, 0.3) is 5.91 Å². The summed E-state index contributed by atoms with van der Waals surface area (Å²) >= 11 is 1.51. The minimum atomic E-state index is 0.152. The van der Waals surface area contributed by atoms with E-state index in [4.69, 9.17) is 4.74 Å². The molecule has 1 unspecified atom stereocenters. The van der Waals surface area contributed by atoms with Crippen LogP contribution in [-0.2, 0) is 4.74 Å². The molecule has 16 heavy (non-hydrogen) atoms. The molecule has 88 valence electrons. The Morgan fingerprint density at radius 1 is 1.69 bits per heavy atom. The Labute approximate surface area is 100 Å². The van der Waals surface area contributed by atoms with Gasteiger partial charge in [-0.3, -0.25) is 4.79 Å². The van der Waals surface area contributed by atoms with Gasteiger partial charge in [-0.2, -0.15) is 0 Å². The second kappa shape index (κ2) is 5.46. The number of hydrogen-bond donors (Lipinski definition) is 0. The fourth-order valence-electron chi connectivity index (χ4n) is 2.05. The van der Waals surface area contributed by atoms with E-state index in [1.165, 1.54) is 11.3 Å². The molecular formula is C12H17NO2S. The van der Waals surface area contributed by atoms with Gasteiger partial charge in [-0.05, 0) is 31.2 Å². The van der Waals surface area contributed by atoms with Crippen molar-refractivity contribution in [3.8, 4) is 0 Å². The normalized spacial score (nSPS) is 21.1. The molecule has 1 saturated heterocycles. The lowest BCUT2D eigenvalue weighted by atomic mass is 10.1. The van der Waals surface area contributed by atoms with Gasteiger partial charge in [0, 0.05) is 19.7 Å². The summed E-state index contributed by atoms with van der Waals surface area (Å²) in [5, 5.41) is 1.94. The number of carbonyl (C=O) groups excluding carboxylic acids is 1. The summed E-state index contributed by atoms with van der Waals surface area (Å²) in [5.41, 5.74) is 0. The molecule has 0 saturated carbocycles. The van der Waals surface area contributed by atoms with Crippen molar-refractivity contribution in [3.05, 3.63) is 22.4 Å². The van der Waals surface area contributed by atoms with Crippen molar-refractivity contribution in [2.75, 3.05) is 19.7 Å². The van der Waals surface area contributed by atoms with Gasteiger partial charge < -0.3 is 9.64 Å². The minimum absolute atomic E-state index is 0.152. The van der Waals surface area contributed by atoms with Crippen LogP contribution < -0.4 is 0 Å². The summed E-state index contributed by atoms with van der Waals surface area (Å²) in [5.74, 6) is 0.152. The number of likely N-dealkylation sites (tertiary alicyclic amines) is 1. The molecule has 4 heteroatoms. The predicted octanol–water partition coefficient (Wildman–Crippen LogP) is 2.39. The quantitative estimate of drug-likeness (QED) is 0.810. The van der Waals surface area contributed by atoms with Crippen molar-refractivity contribution >= 4 is 17.2 Å². The Balaban J connectivity index is 1.96. The molecule has 0 spiro atoms. The van der Waals surface area contributed by atoms with Crippen LogP contribution in [0.3, 0.4) is 0 Å². The summed E-state index contributed by atoms with van der Waals surface area (Å²) in [4.78, 5) is 14.8. The molecular weight excluding hydrogens is 222 g/mol. The average Bonchev–Trinajstić information content (AvgIpc) is 2.82. The largest absolute Gasteiger partial charge is 0.377 e. The smallest absolute Gasteiger partial charge is 0.264 e. The first-order chi connectivity index (χ1) is 7.81. The Kier molecular flexibility index (Phi) is 3.96. The zero-order chi connectivity index (χ0) is 11.4. The Morgan fingerprint density at radius 2 is 2.56 bits per heavy atom. The Morgan fingerprint density at radius 3 is 3.25 bits per heavy atom. The van der Waals surface area contributed by atoms with E-state index in [1.54, 1.807) is 0 Å². The first-order valence-electron chi connectivity index (χ1n) is 5.75. The lowest BCUT2D eigenvalue weighted by molar-refractivity contribution is 0.00742. The second-order valence-corrected chi connectivity index (χ2v) is 4.90. The van der Waals surface area contributed by atoms with Crippen LogP contribution in [0, 0.1) is 0 Å². The van der Waals surface area contributed by atoms with Gasteiger partial charge >= 0.3 is 0 Å². The van der Waals surface area contributed by atoms with Crippen LogP contribution in [-0.4, -0.2) is 36.6 Å². The maximum atomic E-state index is 12.1. The zero-order valence-electron chi connectivity index (χ0n) is 9.52. The van der Waals surface area contributed by atoms with E-state index in [9.17, 15) is 4.79 Å². The molecule has 1 aromatic rings. The van der Waals surface area contributed by atoms with Crippen molar-refractivity contribution in [2.24, 2.45) is 0 Å². The minimum Gasteiger partial charge on any atom is -0.377 e. The lowest BCUT2D eigenvalue weighted by Gasteiger charge is -2.32. The summed E-state index contributed by atoms with van der Waals surface area (Å²) in [6, 6.07) is 3.80. The third-order valence-electron chi connectivity index (χ3n) is 2.80. The molecule has 0 aromatic carbocycles. The first-order valence-corrected chi connectivity index (χ1v) is 6.63. The van der Waals surface area contributed by atoms with Crippen molar-refractivity contribution in [3.63, 3.8) is 0 Å². The standard InChI is InChI=1S/C12H17NO2S/c1-2-15-10-5-3-7-13(9-10)12(14)11-6-4-8-16-11/h4,6,8,10H,2-3,5,7,9H2,1H3. The van der Waals surface area contributed by atoms with Crippen LogP contribution in [0.1, 0.15) is 29.4 Å². The number of nitrogens with zero attached hydrogens (tertiary/aromatic N) is 1. The summed E-state index contributed by atoms with van der Waals surface area (Å²) < 4.78 is 5.59. The Bertz CT molecular complexity index is 335. The third-order valence-corrected chi connectivity index (χ3v) is 3.66. The van der Waals surface area contributed by atoms with Crippen LogP contribution in [0.15, 0.2) is 17.5 Å². The molecule has 1 amide bonds. The molecule has 1 aliphatic heterocycles. The SMILES string of the molecule is CCOC1CCCN(C(=O)c2cccs2)C1. The van der Waals surface area contributed by atoms with Crippen molar-refractivity contribution in [1.82, 2.24) is 4.90 Å². The maximum absolute atomic E-state index is 12.1. The van der Waals surface area contributed by atoms with E-state index in [0.717, 1.165) is 37.4 Å².